The number of nitrogens with one attached hydrogen (secondary N) is 1. The lowest BCUT2D eigenvalue weighted by Crippen LogP contribution is -2.13. The van der Waals surface area contributed by atoms with Crippen molar-refractivity contribution in [1.82, 2.24) is 15.2 Å². The zero-order valence-electron chi connectivity index (χ0n) is 15.7. The van der Waals surface area contributed by atoms with Gasteiger partial charge in [-0.15, -0.1) is 21.5 Å². The zero-order valence-corrected chi connectivity index (χ0v) is 18.9. The summed E-state index contributed by atoms with van der Waals surface area (Å²) in [7, 11) is 1.61. The summed E-state index contributed by atoms with van der Waals surface area (Å²) < 4.78 is 11.8. The molecule has 2 aromatic heterocycles. The molecule has 0 saturated carbocycles. The number of hydrogen-bond acceptors (Lipinski definition) is 8. The maximum atomic E-state index is 12.2. The van der Waals surface area contributed by atoms with Crippen molar-refractivity contribution in [3.63, 3.8) is 0 Å². The molecule has 1 amide bonds. The van der Waals surface area contributed by atoms with Crippen molar-refractivity contribution in [3.05, 3.63) is 58.4 Å². The number of thiazole rings is 1. The van der Waals surface area contributed by atoms with Gasteiger partial charge in [-0.2, -0.15) is 0 Å². The summed E-state index contributed by atoms with van der Waals surface area (Å²) in [5.41, 5.74) is 2.58. The molecule has 4 rings (SSSR count). The fraction of sp³-hybridized carbons (Fsp3) is 0.100. The molecule has 0 atom stereocenters. The summed E-state index contributed by atoms with van der Waals surface area (Å²) >= 11 is 5.96. The average Bonchev–Trinajstić information content (AvgIpc) is 3.43. The molecule has 0 aliphatic rings. The summed E-state index contributed by atoms with van der Waals surface area (Å²) in [4.78, 5) is 16.7. The van der Waals surface area contributed by atoms with E-state index in [4.69, 9.17) is 9.15 Å². The Morgan fingerprint density at radius 2 is 1.87 bits per heavy atom. The third kappa shape index (κ3) is 5.07. The third-order valence-corrected chi connectivity index (χ3v) is 6.07. The normalized spacial score (nSPS) is 10.7. The van der Waals surface area contributed by atoms with Gasteiger partial charge in [-0.1, -0.05) is 39.8 Å². The van der Waals surface area contributed by atoms with E-state index in [9.17, 15) is 4.79 Å². The van der Waals surface area contributed by atoms with Gasteiger partial charge < -0.3 is 14.5 Å². The minimum atomic E-state index is -0.194. The summed E-state index contributed by atoms with van der Waals surface area (Å²) in [6.07, 6.45) is 0. The highest BCUT2D eigenvalue weighted by Crippen LogP contribution is 2.27. The lowest BCUT2D eigenvalue weighted by Gasteiger charge is -2.00. The van der Waals surface area contributed by atoms with Crippen LogP contribution in [-0.2, 0) is 4.79 Å². The number of aromatic nitrogens is 3. The number of amides is 1. The molecule has 0 spiro atoms. The van der Waals surface area contributed by atoms with Crippen LogP contribution >= 0.6 is 39.0 Å². The minimum absolute atomic E-state index is 0.136. The van der Waals surface area contributed by atoms with Crippen molar-refractivity contribution in [1.29, 1.82) is 0 Å². The second-order valence-corrected chi connectivity index (χ2v) is 8.68. The van der Waals surface area contributed by atoms with Gasteiger partial charge in [0.2, 0.25) is 11.8 Å². The van der Waals surface area contributed by atoms with Gasteiger partial charge in [-0.3, -0.25) is 4.79 Å². The van der Waals surface area contributed by atoms with Crippen molar-refractivity contribution in [2.24, 2.45) is 0 Å². The molecular formula is C20H15BrN4O3S2. The lowest BCUT2D eigenvalue weighted by atomic mass is 10.2. The number of halogens is 1. The van der Waals surface area contributed by atoms with Gasteiger partial charge in [0.05, 0.1) is 18.6 Å². The molecule has 10 heteroatoms. The molecule has 0 radical (unpaired) electrons. The number of carbonyl (C=O) groups is 1. The van der Waals surface area contributed by atoms with Crippen LogP contribution in [0.25, 0.3) is 22.7 Å². The molecule has 152 valence electrons. The Balaban J connectivity index is 1.32. The SMILES string of the molecule is COc1ccc(-c2nnc(SCC(=O)Nc3nc(-c4ccc(Br)cc4)cs3)o2)cc1. The Bertz CT molecular complexity index is 1140. The largest absolute Gasteiger partial charge is 0.497 e. The number of ether oxygens (including phenoxy) is 1. The van der Waals surface area contributed by atoms with Crippen LogP contribution in [0.2, 0.25) is 0 Å². The fourth-order valence-corrected chi connectivity index (χ4v) is 4.05. The summed E-state index contributed by atoms with van der Waals surface area (Å²) in [6.45, 7) is 0. The van der Waals surface area contributed by atoms with Crippen LogP contribution in [0.4, 0.5) is 5.13 Å². The quantitative estimate of drug-likeness (QED) is 0.340. The monoisotopic (exact) mass is 502 g/mol. The van der Waals surface area contributed by atoms with Gasteiger partial charge in [-0.05, 0) is 36.4 Å². The van der Waals surface area contributed by atoms with E-state index in [-0.39, 0.29) is 11.7 Å². The van der Waals surface area contributed by atoms with E-state index in [0.29, 0.717) is 16.2 Å². The molecule has 0 aliphatic heterocycles. The highest BCUT2D eigenvalue weighted by Gasteiger charge is 2.13. The first-order valence-corrected chi connectivity index (χ1v) is 11.4. The van der Waals surface area contributed by atoms with E-state index in [1.54, 1.807) is 7.11 Å². The summed E-state index contributed by atoms with van der Waals surface area (Å²) in [5.74, 6) is 1.08. The number of benzene rings is 2. The van der Waals surface area contributed by atoms with Crippen LogP contribution in [-0.4, -0.2) is 34.0 Å². The van der Waals surface area contributed by atoms with E-state index < -0.39 is 0 Å². The summed E-state index contributed by atoms with van der Waals surface area (Å²) in [5, 5.41) is 13.6. The molecule has 0 fully saturated rings. The van der Waals surface area contributed by atoms with Gasteiger partial charge >= 0.3 is 0 Å². The van der Waals surface area contributed by atoms with E-state index >= 15 is 0 Å². The molecule has 7 nitrogen and oxygen atoms in total. The van der Waals surface area contributed by atoms with Crippen molar-refractivity contribution < 1.29 is 13.9 Å². The predicted molar refractivity (Wildman–Crippen MR) is 121 cm³/mol. The average molecular weight is 503 g/mol. The minimum Gasteiger partial charge on any atom is -0.497 e. The first-order valence-electron chi connectivity index (χ1n) is 8.73. The Kier molecular flexibility index (Phi) is 6.46. The zero-order chi connectivity index (χ0) is 20.9. The molecule has 2 heterocycles. The summed E-state index contributed by atoms with van der Waals surface area (Å²) in [6, 6.07) is 15.1. The first-order chi connectivity index (χ1) is 14.6. The Morgan fingerprint density at radius 3 is 2.60 bits per heavy atom. The number of methoxy groups -OCH3 is 1. The van der Waals surface area contributed by atoms with Crippen molar-refractivity contribution >= 4 is 50.1 Å². The standard InChI is InChI=1S/C20H15BrN4O3S2/c1-27-15-8-4-13(5-9-15)18-24-25-20(28-18)30-11-17(26)23-19-22-16(10-29-19)12-2-6-14(21)7-3-12/h2-10H,11H2,1H3,(H,22,23,26). The molecule has 0 saturated heterocycles. The molecule has 0 bridgehead atoms. The van der Waals surface area contributed by atoms with E-state index in [1.165, 1.54) is 23.1 Å². The Hall–Kier alpha value is -2.69. The molecular weight excluding hydrogens is 488 g/mol. The molecule has 2 aromatic carbocycles. The van der Waals surface area contributed by atoms with Crippen molar-refractivity contribution in [2.45, 2.75) is 5.22 Å². The van der Waals surface area contributed by atoms with E-state index in [0.717, 1.165) is 27.0 Å². The smallest absolute Gasteiger partial charge is 0.277 e. The number of anilines is 1. The second kappa shape index (κ2) is 9.41. The molecule has 1 N–H and O–H groups in total. The van der Waals surface area contributed by atoms with Gasteiger partial charge in [0, 0.05) is 21.0 Å². The van der Waals surface area contributed by atoms with Crippen LogP contribution in [0, 0.1) is 0 Å². The fourth-order valence-electron chi connectivity index (χ4n) is 2.49. The number of thioether (sulfide) groups is 1. The third-order valence-electron chi connectivity index (χ3n) is 3.96. The topological polar surface area (TPSA) is 90.1 Å². The number of carbonyl (C=O) groups excluding carboxylic acids is 1. The highest BCUT2D eigenvalue weighted by atomic mass is 79.9. The van der Waals surface area contributed by atoms with Crippen LogP contribution in [0.3, 0.4) is 0 Å². The van der Waals surface area contributed by atoms with Crippen LogP contribution in [0.1, 0.15) is 0 Å². The van der Waals surface area contributed by atoms with Gasteiger partial charge in [0.25, 0.3) is 5.22 Å². The van der Waals surface area contributed by atoms with Gasteiger partial charge in [0.15, 0.2) is 5.13 Å². The van der Waals surface area contributed by atoms with E-state index in [2.05, 4.69) is 36.4 Å². The van der Waals surface area contributed by atoms with Crippen molar-refractivity contribution in [2.75, 3.05) is 18.2 Å². The Morgan fingerprint density at radius 1 is 1.13 bits per heavy atom. The van der Waals surface area contributed by atoms with Crippen LogP contribution < -0.4 is 10.1 Å². The number of nitrogens with zero attached hydrogens (tertiary/aromatic N) is 3. The van der Waals surface area contributed by atoms with Gasteiger partial charge in [0.1, 0.15) is 5.75 Å². The first kappa shape index (κ1) is 20.6. The molecule has 30 heavy (non-hydrogen) atoms. The highest BCUT2D eigenvalue weighted by molar-refractivity contribution is 9.10. The molecule has 0 unspecified atom stereocenters. The molecule has 4 aromatic rings. The lowest BCUT2D eigenvalue weighted by molar-refractivity contribution is -0.113. The second-order valence-electron chi connectivity index (χ2n) is 5.98. The number of rotatable bonds is 7. The molecule has 0 aliphatic carbocycles. The number of hydrogen-bond donors (Lipinski definition) is 1. The maximum absolute atomic E-state index is 12.2. The Labute approximate surface area is 189 Å². The van der Waals surface area contributed by atoms with E-state index in [1.807, 2.05) is 53.9 Å². The van der Waals surface area contributed by atoms with Crippen LogP contribution in [0.15, 0.2) is 68.0 Å². The van der Waals surface area contributed by atoms with Gasteiger partial charge in [-0.25, -0.2) is 4.98 Å². The van der Waals surface area contributed by atoms with Crippen molar-refractivity contribution in [3.8, 4) is 28.5 Å². The van der Waals surface area contributed by atoms with Crippen LogP contribution in [0.5, 0.6) is 5.75 Å². The maximum Gasteiger partial charge on any atom is 0.277 e. The predicted octanol–water partition coefficient (Wildman–Crippen LogP) is 5.36.